The molecule has 1 N–H and O–H groups in total. The predicted octanol–water partition coefficient (Wildman–Crippen LogP) is 4.63. The lowest BCUT2D eigenvalue weighted by Gasteiger charge is -2.10. The maximum Gasteiger partial charge on any atom is 0.262 e. The summed E-state index contributed by atoms with van der Waals surface area (Å²) in [5, 5.41) is 19.3. The number of benzene rings is 1. The summed E-state index contributed by atoms with van der Waals surface area (Å²) >= 11 is 1.59. The Morgan fingerprint density at radius 3 is 2.72 bits per heavy atom. The zero-order valence-corrected chi connectivity index (χ0v) is 16.9. The third kappa shape index (κ3) is 4.64. The van der Waals surface area contributed by atoms with Crippen LogP contribution < -0.4 is 5.32 Å². The Morgan fingerprint density at radius 1 is 1.24 bits per heavy atom. The summed E-state index contributed by atoms with van der Waals surface area (Å²) in [6.07, 6.45) is 7.80. The maximum atomic E-state index is 12.6. The Labute approximate surface area is 174 Å². The number of amides is 1. The Balaban J connectivity index is 1.64. The van der Waals surface area contributed by atoms with E-state index in [0.717, 1.165) is 47.4 Å². The van der Waals surface area contributed by atoms with Gasteiger partial charge in [-0.15, -0.1) is 11.3 Å². The van der Waals surface area contributed by atoms with Gasteiger partial charge in [-0.25, -0.2) is 0 Å². The molecule has 1 aliphatic rings. The number of nitrogens with zero attached hydrogens (tertiary/aromatic N) is 3. The molecule has 0 aliphatic heterocycles. The number of hydrogen-bond acceptors (Lipinski definition) is 4. The van der Waals surface area contributed by atoms with Gasteiger partial charge in [0.1, 0.15) is 17.3 Å². The van der Waals surface area contributed by atoms with Gasteiger partial charge in [-0.2, -0.15) is 10.4 Å². The minimum atomic E-state index is -0.299. The molecule has 0 radical (unpaired) electrons. The third-order valence-electron chi connectivity index (χ3n) is 5.09. The van der Waals surface area contributed by atoms with E-state index in [-0.39, 0.29) is 17.5 Å². The van der Waals surface area contributed by atoms with Gasteiger partial charge in [0.15, 0.2) is 0 Å². The molecule has 1 fully saturated rings. The molecule has 1 amide bonds. The number of rotatable bonds is 6. The minimum Gasteiger partial charge on any atom is -0.349 e. The van der Waals surface area contributed by atoms with E-state index in [1.807, 2.05) is 46.6 Å². The van der Waals surface area contributed by atoms with Crippen LogP contribution in [-0.4, -0.2) is 21.7 Å². The first-order chi connectivity index (χ1) is 14.2. The Kier molecular flexibility index (Phi) is 5.87. The van der Waals surface area contributed by atoms with E-state index in [2.05, 4.69) is 23.5 Å². The second-order valence-electron chi connectivity index (χ2n) is 7.22. The maximum absolute atomic E-state index is 12.6. The summed E-state index contributed by atoms with van der Waals surface area (Å²) in [5.41, 5.74) is 2.83. The molecule has 0 unspecified atom stereocenters. The van der Waals surface area contributed by atoms with E-state index in [0.29, 0.717) is 6.54 Å². The van der Waals surface area contributed by atoms with Gasteiger partial charge in [-0.3, -0.25) is 9.48 Å². The predicted molar refractivity (Wildman–Crippen MR) is 115 cm³/mol. The second kappa shape index (κ2) is 8.89. The van der Waals surface area contributed by atoms with Gasteiger partial charge in [0.25, 0.3) is 5.91 Å². The highest BCUT2D eigenvalue weighted by molar-refractivity contribution is 7.13. The zero-order chi connectivity index (χ0) is 20.1. The van der Waals surface area contributed by atoms with E-state index in [4.69, 9.17) is 5.10 Å². The number of nitriles is 1. The van der Waals surface area contributed by atoms with Gasteiger partial charge in [-0.1, -0.05) is 49.2 Å². The van der Waals surface area contributed by atoms with Crippen molar-refractivity contribution in [3.8, 4) is 16.6 Å². The summed E-state index contributed by atoms with van der Waals surface area (Å²) in [6, 6.07) is 16.3. The normalized spacial score (nSPS) is 14.7. The lowest BCUT2D eigenvalue weighted by molar-refractivity contribution is -0.117. The van der Waals surface area contributed by atoms with E-state index in [1.165, 1.54) is 0 Å². The molecule has 3 aromatic rings. The van der Waals surface area contributed by atoms with Crippen molar-refractivity contribution in [3.05, 3.63) is 70.7 Å². The van der Waals surface area contributed by atoms with E-state index in [1.54, 1.807) is 17.4 Å². The Bertz CT molecular complexity index is 1040. The number of carbonyl (C=O) groups is 1. The first kappa shape index (κ1) is 19.2. The molecule has 0 saturated heterocycles. The van der Waals surface area contributed by atoms with Crippen LogP contribution >= 0.6 is 11.3 Å². The molecule has 29 heavy (non-hydrogen) atoms. The molecule has 1 aromatic carbocycles. The fourth-order valence-corrected chi connectivity index (χ4v) is 4.37. The fourth-order valence-electron chi connectivity index (χ4n) is 3.64. The number of hydrogen-bond donors (Lipinski definition) is 1. The zero-order valence-electron chi connectivity index (χ0n) is 16.0. The fraction of sp³-hybridized carbons (Fsp3) is 0.261. The second-order valence-corrected chi connectivity index (χ2v) is 8.17. The molecule has 0 bridgehead atoms. The first-order valence-electron chi connectivity index (χ1n) is 9.81. The van der Waals surface area contributed by atoms with Crippen LogP contribution in [0.4, 0.5) is 0 Å². The number of aromatic nitrogens is 2. The van der Waals surface area contributed by atoms with Crippen molar-refractivity contribution in [1.29, 1.82) is 5.26 Å². The quantitative estimate of drug-likeness (QED) is 0.483. The van der Waals surface area contributed by atoms with Gasteiger partial charge in [0.05, 0.1) is 11.4 Å². The van der Waals surface area contributed by atoms with Crippen LogP contribution in [0.1, 0.15) is 36.8 Å². The monoisotopic (exact) mass is 402 g/mol. The summed E-state index contributed by atoms with van der Waals surface area (Å²) in [7, 11) is 0. The van der Waals surface area contributed by atoms with Gasteiger partial charge in [-0.05, 0) is 35.9 Å². The van der Waals surface area contributed by atoms with Gasteiger partial charge in [0, 0.05) is 17.8 Å². The standard InChI is InChI=1S/C23H22N4OS/c24-14-18(23(28)25-20-9-4-5-10-20)13-19-16-27(15-17-7-2-1-3-8-17)26-22(19)21-11-6-12-29-21/h1-3,6-8,11-13,16,20H,4-5,9-10,15H2,(H,25,28)/b18-13+. The molecule has 4 rings (SSSR count). The number of carbonyl (C=O) groups excluding carboxylic acids is 1. The summed E-state index contributed by atoms with van der Waals surface area (Å²) < 4.78 is 1.86. The summed E-state index contributed by atoms with van der Waals surface area (Å²) in [6.45, 7) is 0.628. The lowest BCUT2D eigenvalue weighted by Crippen LogP contribution is -2.33. The van der Waals surface area contributed by atoms with Crippen molar-refractivity contribution in [2.24, 2.45) is 0 Å². The van der Waals surface area contributed by atoms with Gasteiger partial charge < -0.3 is 5.32 Å². The number of thiophene rings is 1. The van der Waals surface area contributed by atoms with Crippen LogP contribution in [0.5, 0.6) is 0 Å². The minimum absolute atomic E-state index is 0.119. The molecule has 146 valence electrons. The molecule has 1 saturated carbocycles. The van der Waals surface area contributed by atoms with Crippen LogP contribution in [0, 0.1) is 11.3 Å². The van der Waals surface area contributed by atoms with Gasteiger partial charge >= 0.3 is 0 Å². The van der Waals surface area contributed by atoms with Crippen molar-refractivity contribution >= 4 is 23.3 Å². The summed E-state index contributed by atoms with van der Waals surface area (Å²) in [5.74, 6) is -0.299. The molecule has 6 heteroatoms. The highest BCUT2D eigenvalue weighted by atomic mass is 32.1. The van der Waals surface area contributed by atoms with Crippen LogP contribution in [0.25, 0.3) is 16.6 Å². The molecular formula is C23H22N4OS. The van der Waals surface area contributed by atoms with Crippen LogP contribution in [-0.2, 0) is 11.3 Å². The number of nitrogens with one attached hydrogen (secondary N) is 1. The molecule has 5 nitrogen and oxygen atoms in total. The van der Waals surface area contributed by atoms with E-state index in [9.17, 15) is 10.1 Å². The highest BCUT2D eigenvalue weighted by Gasteiger charge is 2.20. The van der Waals surface area contributed by atoms with E-state index < -0.39 is 0 Å². The van der Waals surface area contributed by atoms with E-state index >= 15 is 0 Å². The van der Waals surface area contributed by atoms with Gasteiger partial charge in [0.2, 0.25) is 0 Å². The Hall–Kier alpha value is -3.17. The van der Waals surface area contributed by atoms with Crippen molar-refractivity contribution in [3.63, 3.8) is 0 Å². The molecule has 1 aliphatic carbocycles. The highest BCUT2D eigenvalue weighted by Crippen LogP contribution is 2.28. The Morgan fingerprint density at radius 2 is 2.03 bits per heavy atom. The average Bonchev–Trinajstić information content (AvgIpc) is 3.49. The first-order valence-corrected chi connectivity index (χ1v) is 10.7. The van der Waals surface area contributed by atoms with Crippen LogP contribution in [0.3, 0.4) is 0 Å². The summed E-state index contributed by atoms with van der Waals surface area (Å²) in [4.78, 5) is 13.6. The lowest BCUT2D eigenvalue weighted by atomic mass is 10.1. The molecular weight excluding hydrogens is 380 g/mol. The van der Waals surface area contributed by atoms with Crippen molar-refractivity contribution in [1.82, 2.24) is 15.1 Å². The molecule has 0 spiro atoms. The van der Waals surface area contributed by atoms with Crippen LogP contribution in [0.2, 0.25) is 0 Å². The van der Waals surface area contributed by atoms with Crippen molar-refractivity contribution in [2.75, 3.05) is 0 Å². The average molecular weight is 403 g/mol. The van der Waals surface area contributed by atoms with Crippen molar-refractivity contribution in [2.45, 2.75) is 38.3 Å². The van der Waals surface area contributed by atoms with Crippen LogP contribution in [0.15, 0.2) is 59.6 Å². The molecule has 0 atom stereocenters. The smallest absolute Gasteiger partial charge is 0.262 e. The van der Waals surface area contributed by atoms with Crippen molar-refractivity contribution < 1.29 is 4.79 Å². The third-order valence-corrected chi connectivity index (χ3v) is 5.96. The SMILES string of the molecule is N#C/C(=C\c1cn(Cc2ccccc2)nc1-c1cccs1)C(=O)NC1CCCC1. The molecule has 2 heterocycles. The molecule has 2 aromatic heterocycles. The topological polar surface area (TPSA) is 70.7 Å². The largest absolute Gasteiger partial charge is 0.349 e.